The van der Waals surface area contributed by atoms with Gasteiger partial charge in [-0.2, -0.15) is 9.29 Å². The number of phosphoric acid groups is 2. The average Bonchev–Trinajstić information content (AvgIpc) is 3.65. The summed E-state index contributed by atoms with van der Waals surface area (Å²) in [5.74, 6) is -1.51. The first-order chi connectivity index (χ1) is 36.5. The molecule has 9 atom stereocenters. The van der Waals surface area contributed by atoms with E-state index >= 15 is 0 Å². The third-order valence-electron chi connectivity index (χ3n) is 11.3. The van der Waals surface area contributed by atoms with E-state index in [9.17, 15) is 53.7 Å². The molecule has 0 radical (unpaired) electrons. The van der Waals surface area contributed by atoms with Crippen molar-refractivity contribution < 1.29 is 76.5 Å². The minimum Gasteiger partial charge on any atom is -0.462 e. The molecule has 0 aromatic carbocycles. The smallest absolute Gasteiger partial charge is 0.462 e. The molecule has 0 bridgehead atoms. The maximum atomic E-state index is 12.9. The third kappa shape index (κ3) is 33.0. The van der Waals surface area contributed by atoms with E-state index in [2.05, 4.69) is 40.5 Å². The van der Waals surface area contributed by atoms with Gasteiger partial charge < -0.3 is 50.2 Å². The zero-order valence-electron chi connectivity index (χ0n) is 44.2. The Morgan fingerprint density at radius 1 is 0.724 bits per heavy atom. The van der Waals surface area contributed by atoms with Gasteiger partial charge >= 0.3 is 33.3 Å². The molecule has 20 nitrogen and oxygen atoms in total. The predicted octanol–water partition coefficient (Wildman–Crippen LogP) is 9.16. The van der Waals surface area contributed by atoms with Crippen LogP contribution in [0, 0.1) is 0 Å². The van der Waals surface area contributed by atoms with E-state index in [4.69, 9.17) is 29.0 Å². The van der Waals surface area contributed by atoms with Crippen molar-refractivity contribution in [3.8, 4) is 0 Å². The number of anilines is 1. The average molecular weight is 1110 g/mol. The van der Waals surface area contributed by atoms with Crippen LogP contribution in [0.2, 0.25) is 0 Å². The Hall–Kier alpha value is -4.40. The maximum absolute atomic E-state index is 12.9. The van der Waals surface area contributed by atoms with Gasteiger partial charge in [-0.15, -0.1) is 0 Å². The van der Waals surface area contributed by atoms with Gasteiger partial charge in [0.2, 0.25) is 0 Å². The number of aliphatic hydroxyl groups is 4. The first kappa shape index (κ1) is 67.7. The highest BCUT2D eigenvalue weighted by Gasteiger charge is 2.46. The molecule has 1 aliphatic heterocycles. The summed E-state index contributed by atoms with van der Waals surface area (Å²) in [6, 6.07) is 1.23. The largest absolute Gasteiger partial charge is 0.481 e. The normalized spacial score (nSPS) is 20.3. The minimum absolute atomic E-state index is 0.00749. The monoisotopic (exact) mass is 1110 g/mol. The van der Waals surface area contributed by atoms with E-state index in [0.717, 1.165) is 75.0 Å². The second-order valence-corrected chi connectivity index (χ2v) is 21.1. The molecule has 22 heteroatoms. The second-order valence-electron chi connectivity index (χ2n) is 18.0. The number of esters is 2. The molecule has 2 unspecified atom stereocenters. The van der Waals surface area contributed by atoms with Crippen molar-refractivity contribution in [1.29, 1.82) is 0 Å². The van der Waals surface area contributed by atoms with Gasteiger partial charge in [0.25, 0.3) is 0 Å². The van der Waals surface area contributed by atoms with Crippen LogP contribution in [0.4, 0.5) is 5.82 Å². The van der Waals surface area contributed by atoms with Gasteiger partial charge in [-0.3, -0.25) is 23.2 Å². The summed E-state index contributed by atoms with van der Waals surface area (Å²) in [6.45, 7) is 1.74. The number of carbonyl (C=O) groups excluding carboxylic acids is 2. The molecule has 8 N–H and O–H groups in total. The van der Waals surface area contributed by atoms with E-state index < -0.39 is 95.9 Å². The molecule has 428 valence electrons. The molecule has 0 amide bonds. The Labute approximate surface area is 448 Å². The molecular formula is C54H85N3O17P2. The number of hydrogen-bond acceptors (Lipinski definition) is 17. The summed E-state index contributed by atoms with van der Waals surface area (Å²) in [5, 5.41) is 41.0. The number of phosphoric ester groups is 2. The lowest BCUT2D eigenvalue weighted by Crippen LogP contribution is -2.36. The number of unbranched alkanes of at least 4 members (excludes halogenated alkanes) is 11. The topological polar surface area (TPSA) is 306 Å². The summed E-state index contributed by atoms with van der Waals surface area (Å²) < 4.78 is 56.7. The first-order valence-corrected chi connectivity index (χ1v) is 29.5. The third-order valence-corrected chi connectivity index (χ3v) is 13.9. The molecule has 2 rings (SSSR count). The standard InChI is InChI=1S/C54H85N3O17P2/c1-3-5-7-8-9-10-11-12-13-14-15-16-17-18-22-25-31-38-50(61)72-46(41-69-49(60)37-32-26-30-36-45(59)35-29-24-21-19-20-23-28-34-44(58)33-27-6-4-2)42-70-75(65,66)74-76(67,68)71-43-47-51(62)52(63)53(73-47)57-40-39-48(55)56-54(57)64/h6,9-10,12-13,20-21,23-24,27-30,34-36,39-40,44-47,51-53,58-59,62-63H,3-5,7-8,11,14-19,22,25-26,31-33,37-38,41-43H2,1-2H3,(H,65,66)(H,67,68)(H2,55,56,64)/b10-9-,13-12-,23-20-,24-21-,27-6-,34-28+,35-29+,36-30-/t44-,45-,46-,47-,51-,52-,53-/m1/s1. The molecule has 1 fully saturated rings. The Morgan fingerprint density at radius 2 is 1.34 bits per heavy atom. The molecule has 1 aliphatic rings. The first-order valence-electron chi connectivity index (χ1n) is 26.5. The number of nitrogens with zero attached hydrogens (tertiary/aromatic N) is 2. The molecule has 2 heterocycles. The number of carbonyl (C=O) groups is 2. The van der Waals surface area contributed by atoms with Crippen molar-refractivity contribution in [2.75, 3.05) is 25.6 Å². The fraction of sp³-hybridized carbons (Fsp3) is 0.593. The van der Waals surface area contributed by atoms with Crippen molar-refractivity contribution >= 4 is 33.4 Å². The van der Waals surface area contributed by atoms with E-state index in [-0.39, 0.29) is 18.7 Å². The maximum Gasteiger partial charge on any atom is 0.481 e. The number of rotatable bonds is 42. The Kier molecular flexibility index (Phi) is 36.3. The van der Waals surface area contributed by atoms with Crippen LogP contribution in [0.1, 0.15) is 148 Å². The van der Waals surface area contributed by atoms with Crippen molar-refractivity contribution in [3.63, 3.8) is 0 Å². The van der Waals surface area contributed by atoms with Gasteiger partial charge in [0.1, 0.15) is 30.7 Å². The summed E-state index contributed by atoms with van der Waals surface area (Å²) in [4.78, 5) is 62.0. The highest BCUT2D eigenvalue weighted by atomic mass is 31.3. The molecule has 0 aliphatic carbocycles. The van der Waals surface area contributed by atoms with Crippen LogP contribution in [0.5, 0.6) is 0 Å². The van der Waals surface area contributed by atoms with Crippen LogP contribution in [-0.2, 0) is 46.3 Å². The molecule has 0 saturated carbocycles. The molecular weight excluding hydrogens is 1020 g/mol. The summed E-state index contributed by atoms with van der Waals surface area (Å²) in [5.41, 5.74) is 4.57. The predicted molar refractivity (Wildman–Crippen MR) is 291 cm³/mol. The number of nitrogen functional groups attached to an aromatic ring is 1. The Balaban J connectivity index is 1.86. The van der Waals surface area contributed by atoms with Crippen molar-refractivity contribution in [2.45, 2.75) is 185 Å². The fourth-order valence-electron chi connectivity index (χ4n) is 7.20. The number of allylic oxidation sites excluding steroid dienone is 12. The number of nitrogens with two attached hydrogens (primary N) is 1. The second kappa shape index (κ2) is 40.8. The fourth-order valence-corrected chi connectivity index (χ4v) is 9.31. The Bertz CT molecular complexity index is 2190. The zero-order valence-corrected chi connectivity index (χ0v) is 46.0. The van der Waals surface area contributed by atoms with Crippen molar-refractivity contribution in [1.82, 2.24) is 9.55 Å². The van der Waals surface area contributed by atoms with Gasteiger partial charge in [-0.25, -0.2) is 13.9 Å². The van der Waals surface area contributed by atoms with Crippen molar-refractivity contribution in [3.05, 3.63) is 120 Å². The highest BCUT2D eigenvalue weighted by molar-refractivity contribution is 7.61. The SMILES string of the molecule is CC/C=C\C[C@@H](O)/C=C/C=C\C/C=C\C=C\[C@@H](O)/C=C\CCCC(=O)OC[C@H](COP(=O)(O)OP(=O)(O)OC[C@H]1O[C@@H](n2ccc(N)nc2=O)[C@H](O)[C@@H]1O)OC(=O)CCCCCCCCC/C=C\C/C=C\CCCCC. The number of ether oxygens (including phenoxy) is 3. The molecule has 1 aromatic rings. The van der Waals surface area contributed by atoms with Gasteiger partial charge in [0.05, 0.1) is 25.4 Å². The van der Waals surface area contributed by atoms with Crippen molar-refractivity contribution in [2.24, 2.45) is 0 Å². The number of aliphatic hydroxyl groups excluding tert-OH is 4. The van der Waals surface area contributed by atoms with E-state index in [1.807, 2.05) is 37.3 Å². The lowest BCUT2D eigenvalue weighted by atomic mass is 10.1. The Morgan fingerprint density at radius 3 is 2.03 bits per heavy atom. The van der Waals surface area contributed by atoms with Crippen LogP contribution in [0.25, 0.3) is 0 Å². The van der Waals surface area contributed by atoms with E-state index in [1.165, 1.54) is 25.3 Å². The van der Waals surface area contributed by atoms with Gasteiger partial charge in [-0.05, 0) is 76.7 Å². The number of aromatic nitrogens is 2. The summed E-state index contributed by atoms with van der Waals surface area (Å²) >= 11 is 0. The van der Waals surface area contributed by atoms with Crippen LogP contribution in [0.3, 0.4) is 0 Å². The lowest BCUT2D eigenvalue weighted by molar-refractivity contribution is -0.161. The van der Waals surface area contributed by atoms with E-state index in [1.54, 1.807) is 42.5 Å². The summed E-state index contributed by atoms with van der Waals surface area (Å²) in [7, 11) is -10.9. The molecule has 76 heavy (non-hydrogen) atoms. The zero-order chi connectivity index (χ0) is 55.9. The van der Waals surface area contributed by atoms with Crippen LogP contribution in [0.15, 0.2) is 114 Å². The molecule has 1 saturated heterocycles. The number of hydrogen-bond donors (Lipinski definition) is 7. The van der Waals surface area contributed by atoms with Crippen LogP contribution in [-0.4, -0.2) is 108 Å². The van der Waals surface area contributed by atoms with E-state index in [0.29, 0.717) is 32.1 Å². The summed E-state index contributed by atoms with van der Waals surface area (Å²) in [6.07, 6.45) is 38.3. The highest BCUT2D eigenvalue weighted by Crippen LogP contribution is 2.60. The lowest BCUT2D eigenvalue weighted by Gasteiger charge is -2.21. The molecule has 1 aromatic heterocycles. The van der Waals surface area contributed by atoms with Gasteiger partial charge in [0.15, 0.2) is 12.3 Å². The molecule has 0 spiro atoms. The quantitative estimate of drug-likeness (QED) is 0.0105. The van der Waals surface area contributed by atoms with Crippen LogP contribution < -0.4 is 11.4 Å². The van der Waals surface area contributed by atoms with Gasteiger partial charge in [-0.1, -0.05) is 156 Å². The van der Waals surface area contributed by atoms with Gasteiger partial charge in [0, 0.05) is 19.0 Å². The van der Waals surface area contributed by atoms with Crippen LogP contribution >= 0.6 is 15.6 Å². The minimum atomic E-state index is -5.48.